The molecule has 1 aliphatic rings. The Morgan fingerprint density at radius 3 is 2.76 bits per heavy atom. The molecule has 1 fully saturated rings. The summed E-state index contributed by atoms with van der Waals surface area (Å²) in [4.78, 5) is 12.4. The predicted molar refractivity (Wildman–Crippen MR) is 83.7 cm³/mol. The fourth-order valence-corrected chi connectivity index (χ4v) is 2.42. The number of halogens is 1. The highest BCUT2D eigenvalue weighted by atomic mass is 79.9. The molecule has 0 radical (unpaired) electrons. The first kappa shape index (κ1) is 16.5. The molecule has 116 valence electrons. The van der Waals surface area contributed by atoms with Crippen LogP contribution in [0.3, 0.4) is 0 Å². The van der Waals surface area contributed by atoms with Crippen molar-refractivity contribution in [2.24, 2.45) is 5.92 Å². The molecule has 21 heavy (non-hydrogen) atoms. The summed E-state index contributed by atoms with van der Waals surface area (Å²) in [6.45, 7) is 5.97. The lowest BCUT2D eigenvalue weighted by molar-refractivity contribution is -0.0464. The van der Waals surface area contributed by atoms with Gasteiger partial charge in [-0.15, -0.1) is 0 Å². The van der Waals surface area contributed by atoms with Gasteiger partial charge < -0.3 is 14.2 Å². The number of Topliss-reactive ketones (excluding diaryl/α,β-unsaturated/α-hetero) is 1. The van der Waals surface area contributed by atoms with Crippen molar-refractivity contribution >= 4 is 21.7 Å². The van der Waals surface area contributed by atoms with E-state index in [1.54, 1.807) is 0 Å². The van der Waals surface area contributed by atoms with E-state index in [0.29, 0.717) is 49.9 Å². The molecule has 1 heterocycles. The van der Waals surface area contributed by atoms with Gasteiger partial charge in [-0.2, -0.15) is 0 Å². The number of carbonyl (C=O) groups excluding carboxylic acids is 1. The largest absolute Gasteiger partial charge is 0.493 e. The van der Waals surface area contributed by atoms with Crippen molar-refractivity contribution in [2.45, 2.75) is 33.0 Å². The average Bonchev–Trinajstić information content (AvgIpc) is 2.96. The van der Waals surface area contributed by atoms with Gasteiger partial charge in [-0.25, -0.2) is 0 Å². The first-order valence-electron chi connectivity index (χ1n) is 7.25. The molecule has 0 amide bonds. The summed E-state index contributed by atoms with van der Waals surface area (Å²) in [5.74, 6) is 1.11. The third kappa shape index (κ3) is 5.09. The molecule has 0 unspecified atom stereocenters. The van der Waals surface area contributed by atoms with Crippen LogP contribution in [-0.4, -0.2) is 31.9 Å². The molecule has 0 N–H and O–H groups in total. The summed E-state index contributed by atoms with van der Waals surface area (Å²) in [7, 11) is 0. The number of carbonyl (C=O) groups is 1. The highest BCUT2D eigenvalue weighted by Crippen LogP contribution is 2.26. The molecule has 4 nitrogen and oxygen atoms in total. The molecule has 0 aliphatic carbocycles. The van der Waals surface area contributed by atoms with Gasteiger partial charge >= 0.3 is 0 Å². The minimum absolute atomic E-state index is 0.0501. The van der Waals surface area contributed by atoms with Gasteiger partial charge in [-0.05, 0) is 24.1 Å². The van der Waals surface area contributed by atoms with Gasteiger partial charge in [0.2, 0.25) is 0 Å². The van der Waals surface area contributed by atoms with Crippen LogP contribution in [0.25, 0.3) is 0 Å². The zero-order chi connectivity index (χ0) is 15.2. The topological polar surface area (TPSA) is 44.8 Å². The second-order valence-corrected chi connectivity index (χ2v) is 6.39. The molecule has 2 rings (SSSR count). The molecular formula is C16H21BrO4. The van der Waals surface area contributed by atoms with E-state index in [0.717, 1.165) is 4.47 Å². The van der Waals surface area contributed by atoms with Gasteiger partial charge in [0, 0.05) is 17.3 Å². The van der Waals surface area contributed by atoms with Gasteiger partial charge in [0.25, 0.3) is 0 Å². The first-order valence-corrected chi connectivity index (χ1v) is 8.04. The lowest BCUT2D eigenvalue weighted by Gasteiger charge is -2.14. The second-order valence-electron chi connectivity index (χ2n) is 5.48. The Hall–Kier alpha value is -0.910. The first-order chi connectivity index (χ1) is 10.1. The van der Waals surface area contributed by atoms with Crippen LogP contribution >= 0.6 is 15.9 Å². The average molecular weight is 357 g/mol. The molecule has 1 saturated heterocycles. The van der Waals surface area contributed by atoms with Crippen LogP contribution in [0.4, 0.5) is 0 Å². The van der Waals surface area contributed by atoms with E-state index < -0.39 is 0 Å². The van der Waals surface area contributed by atoms with Crippen LogP contribution in [0, 0.1) is 5.92 Å². The normalized spacial score (nSPS) is 15.6. The maximum absolute atomic E-state index is 12.4. The SMILES string of the molecule is CC(C)COc1ccc(Br)cc1C(=O)CCC1OCCO1. The number of rotatable bonds is 7. The monoisotopic (exact) mass is 356 g/mol. The number of hydrogen-bond donors (Lipinski definition) is 0. The Bertz CT molecular complexity index is 481. The summed E-state index contributed by atoms with van der Waals surface area (Å²) < 4.78 is 17.3. The zero-order valence-electron chi connectivity index (χ0n) is 12.4. The van der Waals surface area contributed by atoms with Crippen molar-refractivity contribution < 1.29 is 19.0 Å². The van der Waals surface area contributed by atoms with Gasteiger partial charge in [0.05, 0.1) is 25.4 Å². The zero-order valence-corrected chi connectivity index (χ0v) is 14.0. The quantitative estimate of drug-likeness (QED) is 0.696. The Balaban J connectivity index is 2.01. The number of hydrogen-bond acceptors (Lipinski definition) is 4. The lowest BCUT2D eigenvalue weighted by atomic mass is 10.1. The molecule has 0 saturated carbocycles. The fraction of sp³-hybridized carbons (Fsp3) is 0.562. The van der Waals surface area contributed by atoms with Crippen molar-refractivity contribution in [1.82, 2.24) is 0 Å². The van der Waals surface area contributed by atoms with Crippen molar-refractivity contribution in [1.29, 1.82) is 0 Å². The maximum atomic E-state index is 12.4. The van der Waals surface area contributed by atoms with Crippen LogP contribution in [0.1, 0.15) is 37.0 Å². The summed E-state index contributed by atoms with van der Waals surface area (Å²) in [5, 5.41) is 0. The standard InChI is InChI=1S/C16H21BrO4/c1-11(2)10-21-15-5-3-12(17)9-13(15)14(18)4-6-16-19-7-8-20-16/h3,5,9,11,16H,4,6-8,10H2,1-2H3. The fourth-order valence-electron chi connectivity index (χ4n) is 2.06. The number of ether oxygens (including phenoxy) is 3. The summed E-state index contributed by atoms with van der Waals surface area (Å²) >= 11 is 3.40. The van der Waals surface area contributed by atoms with Crippen molar-refractivity contribution in [3.05, 3.63) is 28.2 Å². The second kappa shape index (κ2) is 7.92. The van der Waals surface area contributed by atoms with Crippen LogP contribution in [0.15, 0.2) is 22.7 Å². The summed E-state index contributed by atoms with van der Waals surface area (Å²) in [6.07, 6.45) is 0.717. The Labute approximate surface area is 133 Å². The summed E-state index contributed by atoms with van der Waals surface area (Å²) in [5.41, 5.74) is 0.614. The Morgan fingerprint density at radius 2 is 2.10 bits per heavy atom. The Kier molecular flexibility index (Phi) is 6.21. The molecule has 1 aromatic rings. The van der Waals surface area contributed by atoms with Gasteiger partial charge in [0.15, 0.2) is 12.1 Å². The smallest absolute Gasteiger partial charge is 0.166 e. The molecular weight excluding hydrogens is 336 g/mol. The molecule has 0 aromatic heterocycles. The number of benzene rings is 1. The minimum Gasteiger partial charge on any atom is -0.493 e. The van der Waals surface area contributed by atoms with E-state index in [1.807, 2.05) is 18.2 Å². The Morgan fingerprint density at radius 1 is 1.38 bits per heavy atom. The molecule has 0 atom stereocenters. The third-order valence-electron chi connectivity index (χ3n) is 3.11. The van der Waals surface area contributed by atoms with Crippen LogP contribution < -0.4 is 4.74 Å². The summed E-state index contributed by atoms with van der Waals surface area (Å²) in [6, 6.07) is 5.53. The molecule has 5 heteroatoms. The van der Waals surface area contributed by atoms with Crippen LogP contribution in [-0.2, 0) is 9.47 Å². The van der Waals surface area contributed by atoms with E-state index in [2.05, 4.69) is 29.8 Å². The molecule has 0 spiro atoms. The van der Waals surface area contributed by atoms with E-state index in [9.17, 15) is 4.79 Å². The van der Waals surface area contributed by atoms with Crippen molar-refractivity contribution in [3.8, 4) is 5.75 Å². The predicted octanol–water partition coefficient (Wildman–Crippen LogP) is 3.82. The van der Waals surface area contributed by atoms with Gasteiger partial charge in [-0.1, -0.05) is 29.8 Å². The van der Waals surface area contributed by atoms with E-state index in [1.165, 1.54) is 0 Å². The van der Waals surface area contributed by atoms with E-state index in [4.69, 9.17) is 14.2 Å². The molecule has 0 bridgehead atoms. The highest BCUT2D eigenvalue weighted by molar-refractivity contribution is 9.10. The van der Waals surface area contributed by atoms with E-state index >= 15 is 0 Å². The molecule has 1 aromatic carbocycles. The maximum Gasteiger partial charge on any atom is 0.166 e. The highest BCUT2D eigenvalue weighted by Gasteiger charge is 2.20. The van der Waals surface area contributed by atoms with Gasteiger partial charge in [0.1, 0.15) is 5.75 Å². The van der Waals surface area contributed by atoms with Crippen LogP contribution in [0.2, 0.25) is 0 Å². The third-order valence-corrected chi connectivity index (χ3v) is 3.61. The minimum atomic E-state index is -0.249. The molecule has 1 aliphatic heterocycles. The van der Waals surface area contributed by atoms with Crippen LogP contribution in [0.5, 0.6) is 5.75 Å². The van der Waals surface area contributed by atoms with Gasteiger partial charge in [-0.3, -0.25) is 4.79 Å². The number of ketones is 1. The lowest BCUT2D eigenvalue weighted by Crippen LogP contribution is -2.12. The van der Waals surface area contributed by atoms with E-state index in [-0.39, 0.29) is 12.1 Å². The van der Waals surface area contributed by atoms with Crippen molar-refractivity contribution in [2.75, 3.05) is 19.8 Å². The van der Waals surface area contributed by atoms with Crippen molar-refractivity contribution in [3.63, 3.8) is 0 Å².